The van der Waals surface area contributed by atoms with Crippen molar-refractivity contribution in [3.05, 3.63) is 75.0 Å². The van der Waals surface area contributed by atoms with Gasteiger partial charge in [0.05, 0.1) is 23.7 Å². The predicted octanol–water partition coefficient (Wildman–Crippen LogP) is 5.10. The van der Waals surface area contributed by atoms with E-state index in [9.17, 15) is 0 Å². The molecule has 1 aromatic carbocycles. The maximum absolute atomic E-state index is 8.53. The fourth-order valence-corrected chi connectivity index (χ4v) is 5.07. The van der Waals surface area contributed by atoms with E-state index in [-0.39, 0.29) is 24.3 Å². The van der Waals surface area contributed by atoms with Crippen molar-refractivity contribution in [3.8, 4) is 24.2 Å². The van der Waals surface area contributed by atoms with Crippen LogP contribution in [0, 0.1) is 41.9 Å². The molecular formula is C27H24ClN5OS. The van der Waals surface area contributed by atoms with Crippen LogP contribution < -0.4 is 10.2 Å². The normalized spacial score (nSPS) is 16.6. The van der Waals surface area contributed by atoms with E-state index in [4.69, 9.17) is 38.6 Å². The van der Waals surface area contributed by atoms with Gasteiger partial charge in [0, 0.05) is 28.8 Å². The van der Waals surface area contributed by atoms with Gasteiger partial charge in [-0.05, 0) is 43.7 Å². The number of benzene rings is 1. The average Bonchev–Trinajstić information content (AvgIpc) is 3.06. The Morgan fingerprint density at radius 1 is 1.37 bits per heavy atom. The Balaban J connectivity index is 1.68. The van der Waals surface area contributed by atoms with Gasteiger partial charge in [0.15, 0.2) is 0 Å². The Labute approximate surface area is 214 Å². The first-order valence-corrected chi connectivity index (χ1v) is 12.2. The quantitative estimate of drug-likeness (QED) is 0.236. The van der Waals surface area contributed by atoms with Crippen LogP contribution in [-0.2, 0) is 4.74 Å². The minimum atomic E-state index is -0.167. The van der Waals surface area contributed by atoms with Gasteiger partial charge < -0.3 is 10.1 Å². The lowest BCUT2D eigenvalue weighted by atomic mass is 9.99. The number of ether oxygens (including phenoxy) is 1. The van der Waals surface area contributed by atoms with Gasteiger partial charge in [0.1, 0.15) is 28.5 Å². The molecule has 0 bridgehead atoms. The van der Waals surface area contributed by atoms with Gasteiger partial charge in [-0.15, -0.1) is 23.7 Å². The zero-order chi connectivity index (χ0) is 24.9. The van der Waals surface area contributed by atoms with Crippen LogP contribution in [0.5, 0.6) is 0 Å². The number of nitrogens with zero attached hydrogens (tertiary/aromatic N) is 2. The van der Waals surface area contributed by atoms with E-state index < -0.39 is 0 Å². The molecule has 1 unspecified atom stereocenters. The zero-order valence-electron chi connectivity index (χ0n) is 19.4. The molecule has 2 aliphatic heterocycles. The highest BCUT2D eigenvalue weighted by Gasteiger charge is 2.29. The number of hydrogen-bond acceptors (Lipinski definition) is 6. The van der Waals surface area contributed by atoms with E-state index in [1.165, 1.54) is 11.3 Å². The van der Waals surface area contributed by atoms with Crippen molar-refractivity contribution in [1.82, 2.24) is 5.32 Å². The Hall–Kier alpha value is -3.78. The third-order valence-electron chi connectivity index (χ3n) is 5.39. The summed E-state index contributed by atoms with van der Waals surface area (Å²) in [4.78, 5) is 7.27. The van der Waals surface area contributed by atoms with Gasteiger partial charge in [-0.1, -0.05) is 35.6 Å². The van der Waals surface area contributed by atoms with Crippen LogP contribution in [0.3, 0.4) is 0 Å². The molecule has 0 radical (unpaired) electrons. The Morgan fingerprint density at radius 3 is 2.80 bits per heavy atom. The summed E-state index contributed by atoms with van der Waals surface area (Å²) in [5.74, 6) is 10.3. The van der Waals surface area contributed by atoms with Crippen LogP contribution in [0.25, 0.3) is 0 Å². The van der Waals surface area contributed by atoms with Gasteiger partial charge in [-0.25, -0.2) is 0 Å². The summed E-state index contributed by atoms with van der Waals surface area (Å²) in [6.07, 6.45) is 11.4. The van der Waals surface area contributed by atoms with Gasteiger partial charge >= 0.3 is 0 Å². The minimum absolute atomic E-state index is 0.167. The predicted molar refractivity (Wildman–Crippen MR) is 145 cm³/mol. The fourth-order valence-electron chi connectivity index (χ4n) is 3.70. The third kappa shape index (κ3) is 5.33. The van der Waals surface area contributed by atoms with Gasteiger partial charge in [0.2, 0.25) is 0 Å². The lowest BCUT2D eigenvalue weighted by Gasteiger charge is -2.20. The molecule has 0 amide bonds. The fraction of sp³-hybridized carbons (Fsp3) is 0.222. The second kappa shape index (κ2) is 10.7. The average molecular weight is 502 g/mol. The molecular weight excluding hydrogens is 478 g/mol. The molecule has 4 rings (SSSR count). The molecule has 8 heteroatoms. The van der Waals surface area contributed by atoms with E-state index in [1.807, 2.05) is 43.3 Å². The molecule has 176 valence electrons. The molecule has 1 aromatic heterocycles. The lowest BCUT2D eigenvalue weighted by Crippen LogP contribution is -2.35. The van der Waals surface area contributed by atoms with E-state index in [1.54, 1.807) is 18.0 Å². The summed E-state index contributed by atoms with van der Waals surface area (Å²) < 4.78 is 5.58. The smallest absolute Gasteiger partial charge is 0.134 e. The standard InChI is InChI=1S/C27H24ClN5OS/c1-4-5-14-34-22-12-10-21(31-15-22)11-13-23-17(2)25-26(19-6-8-20(28)9-7-19)32-16-24(30)33(18(3)29)27(25)35-23/h1,6-10,12,15,21,29-31H,5,14,16H2,2-3H3. The van der Waals surface area contributed by atoms with Crippen LogP contribution in [0.4, 0.5) is 5.00 Å². The summed E-state index contributed by atoms with van der Waals surface area (Å²) >= 11 is 7.58. The summed E-state index contributed by atoms with van der Waals surface area (Å²) in [7, 11) is 0. The molecule has 3 heterocycles. The summed E-state index contributed by atoms with van der Waals surface area (Å²) in [5, 5.41) is 21.5. The minimum Gasteiger partial charge on any atom is -0.491 e. The van der Waals surface area contributed by atoms with Crippen LogP contribution in [0.1, 0.15) is 34.9 Å². The molecule has 0 saturated heterocycles. The van der Waals surface area contributed by atoms with Gasteiger partial charge in [-0.2, -0.15) is 0 Å². The van der Waals surface area contributed by atoms with E-state index in [2.05, 4.69) is 23.1 Å². The maximum Gasteiger partial charge on any atom is 0.134 e. The topological polar surface area (TPSA) is 84.6 Å². The van der Waals surface area contributed by atoms with Crippen molar-refractivity contribution < 1.29 is 4.74 Å². The highest BCUT2D eigenvalue weighted by molar-refractivity contribution is 7.17. The molecule has 6 nitrogen and oxygen atoms in total. The van der Waals surface area contributed by atoms with Crippen LogP contribution >= 0.6 is 22.9 Å². The van der Waals surface area contributed by atoms with Crippen molar-refractivity contribution in [2.45, 2.75) is 26.3 Å². The van der Waals surface area contributed by atoms with Crippen LogP contribution in [0.15, 0.2) is 53.4 Å². The monoisotopic (exact) mass is 501 g/mol. The third-order valence-corrected chi connectivity index (χ3v) is 6.84. The molecule has 0 aliphatic carbocycles. The second-order valence-corrected chi connectivity index (χ2v) is 9.33. The molecule has 0 spiro atoms. The molecule has 35 heavy (non-hydrogen) atoms. The largest absolute Gasteiger partial charge is 0.491 e. The van der Waals surface area contributed by atoms with Crippen LogP contribution in [0.2, 0.25) is 5.02 Å². The number of halogens is 1. The number of dihydropyridines is 1. The number of nitrogens with one attached hydrogen (secondary N) is 3. The first kappa shape index (κ1) is 24.3. The summed E-state index contributed by atoms with van der Waals surface area (Å²) in [6, 6.07) is 7.35. The Morgan fingerprint density at radius 2 is 2.14 bits per heavy atom. The lowest BCUT2D eigenvalue weighted by molar-refractivity contribution is 0.229. The second-order valence-electron chi connectivity index (χ2n) is 7.90. The molecule has 1 atom stereocenters. The Bertz CT molecular complexity index is 1370. The van der Waals surface area contributed by atoms with E-state index in [0.29, 0.717) is 18.1 Å². The molecule has 2 aliphatic rings. The first-order valence-electron chi connectivity index (χ1n) is 11.0. The number of fused-ring (bicyclic) bond motifs is 1. The summed E-state index contributed by atoms with van der Waals surface area (Å²) in [5.41, 5.74) is 3.56. The van der Waals surface area contributed by atoms with E-state index in [0.717, 1.165) is 38.0 Å². The molecule has 3 N–H and O–H groups in total. The highest BCUT2D eigenvalue weighted by Crippen LogP contribution is 2.39. The highest BCUT2D eigenvalue weighted by atomic mass is 35.5. The number of thiophene rings is 1. The molecule has 0 saturated carbocycles. The number of rotatable bonds is 4. The Kier molecular flexibility index (Phi) is 7.41. The van der Waals surface area contributed by atoms with Crippen molar-refractivity contribution in [2.75, 3.05) is 18.1 Å². The number of anilines is 1. The number of hydrogen-bond donors (Lipinski definition) is 3. The van der Waals surface area contributed by atoms with Crippen molar-refractivity contribution in [1.29, 1.82) is 10.8 Å². The SMILES string of the molecule is C#CCCOC1=CNC(C#Cc2sc3c(c2C)C(c2ccc(Cl)cc2)=NCC(=N)N3C(C)=N)C=C1. The van der Waals surface area contributed by atoms with Gasteiger partial charge in [-0.3, -0.25) is 20.7 Å². The van der Waals surface area contributed by atoms with Crippen molar-refractivity contribution in [2.24, 2.45) is 4.99 Å². The number of aliphatic imine (C=N–C) groups is 1. The molecule has 0 fully saturated rings. The first-order chi connectivity index (χ1) is 16.9. The van der Waals surface area contributed by atoms with Crippen molar-refractivity contribution in [3.63, 3.8) is 0 Å². The zero-order valence-corrected chi connectivity index (χ0v) is 21.0. The van der Waals surface area contributed by atoms with E-state index >= 15 is 0 Å². The number of terminal acetylenes is 1. The van der Waals surface area contributed by atoms with Crippen LogP contribution in [-0.4, -0.2) is 36.6 Å². The van der Waals surface area contributed by atoms with Crippen molar-refractivity contribution >= 4 is 45.3 Å². The summed E-state index contributed by atoms with van der Waals surface area (Å²) in [6.45, 7) is 4.35. The number of allylic oxidation sites excluding steroid dienone is 1. The maximum atomic E-state index is 8.53. The molecule has 2 aromatic rings. The number of amidine groups is 2. The van der Waals surface area contributed by atoms with Gasteiger partial charge in [0.25, 0.3) is 0 Å².